The number of ether oxygens (including phenoxy) is 3. The van der Waals surface area contributed by atoms with Crippen LogP contribution in [-0.2, 0) is 20.9 Å². The number of esters is 2. The number of hydrogen-bond donors (Lipinski definition) is 1. The smallest absolute Gasteiger partial charge is 0.408 e. The number of nitro groups is 2. The fourth-order valence-electron chi connectivity index (χ4n) is 3.06. The Morgan fingerprint density at radius 2 is 1.29 bits per heavy atom. The first-order valence-electron chi connectivity index (χ1n) is 11.1. The molecule has 3 aromatic carbocycles. The van der Waals surface area contributed by atoms with Crippen molar-refractivity contribution in [3.63, 3.8) is 0 Å². The molecule has 0 radical (unpaired) electrons. The van der Waals surface area contributed by atoms with Crippen molar-refractivity contribution in [1.82, 2.24) is 5.32 Å². The Morgan fingerprint density at radius 3 is 1.82 bits per heavy atom. The van der Waals surface area contributed by atoms with Crippen molar-refractivity contribution >= 4 is 29.4 Å². The molecular weight excluding hydrogens is 502 g/mol. The van der Waals surface area contributed by atoms with Crippen molar-refractivity contribution in [3.05, 3.63) is 105 Å². The molecule has 0 saturated carbocycles. The number of nitro benzene ring substituents is 2. The van der Waals surface area contributed by atoms with Crippen molar-refractivity contribution in [1.29, 1.82) is 0 Å². The summed E-state index contributed by atoms with van der Waals surface area (Å²) in [4.78, 5) is 57.8. The molecule has 0 fully saturated rings. The summed E-state index contributed by atoms with van der Waals surface area (Å²) in [5, 5.41) is 23.9. The van der Waals surface area contributed by atoms with Gasteiger partial charge < -0.3 is 19.5 Å². The SMILES string of the molecule is O=C(CC[C@H](NC(=O)OCc1ccccc1)C(=O)Oc1ccc([N+](=O)[O-])cc1)Oc1ccc([N+](=O)[O-])cc1. The number of non-ortho nitro benzene ring substituents is 2. The average Bonchev–Trinajstić information content (AvgIpc) is 2.91. The van der Waals surface area contributed by atoms with Gasteiger partial charge in [0.15, 0.2) is 0 Å². The van der Waals surface area contributed by atoms with E-state index in [1.165, 1.54) is 24.3 Å². The van der Waals surface area contributed by atoms with Crippen molar-refractivity contribution in [2.24, 2.45) is 0 Å². The summed E-state index contributed by atoms with van der Waals surface area (Å²) in [6.45, 7) is -0.0705. The lowest BCUT2D eigenvalue weighted by atomic mass is 10.1. The number of rotatable bonds is 11. The molecule has 0 aliphatic carbocycles. The second-order valence-electron chi connectivity index (χ2n) is 7.69. The normalized spacial score (nSPS) is 11.1. The van der Waals surface area contributed by atoms with Gasteiger partial charge >= 0.3 is 18.0 Å². The van der Waals surface area contributed by atoms with Crippen LogP contribution in [0.4, 0.5) is 16.2 Å². The van der Waals surface area contributed by atoms with Gasteiger partial charge in [0.2, 0.25) is 0 Å². The molecule has 0 heterocycles. The minimum atomic E-state index is -1.34. The molecule has 0 bridgehead atoms. The molecular formula is C25H21N3O10. The van der Waals surface area contributed by atoms with Crippen LogP contribution in [0.25, 0.3) is 0 Å². The molecule has 13 heteroatoms. The Hall–Kier alpha value is -5.33. The van der Waals surface area contributed by atoms with Crippen LogP contribution in [-0.4, -0.2) is 33.9 Å². The zero-order valence-electron chi connectivity index (χ0n) is 19.7. The van der Waals surface area contributed by atoms with Crippen LogP contribution in [0.15, 0.2) is 78.9 Å². The molecule has 1 amide bonds. The van der Waals surface area contributed by atoms with E-state index in [4.69, 9.17) is 14.2 Å². The summed E-state index contributed by atoms with van der Waals surface area (Å²) in [7, 11) is 0. The van der Waals surface area contributed by atoms with Crippen LogP contribution in [0, 0.1) is 20.2 Å². The van der Waals surface area contributed by atoms with Gasteiger partial charge in [0.1, 0.15) is 24.1 Å². The monoisotopic (exact) mass is 523 g/mol. The number of hydrogen-bond acceptors (Lipinski definition) is 10. The lowest BCUT2D eigenvalue weighted by Crippen LogP contribution is -2.43. The third-order valence-corrected chi connectivity index (χ3v) is 4.97. The Bertz CT molecular complexity index is 1300. The first kappa shape index (κ1) is 27.3. The predicted octanol–water partition coefficient (Wildman–Crippen LogP) is 4.09. The summed E-state index contributed by atoms with van der Waals surface area (Å²) in [6.07, 6.45) is -1.52. The van der Waals surface area contributed by atoms with Crippen molar-refractivity contribution in [2.75, 3.05) is 0 Å². The molecule has 13 nitrogen and oxygen atoms in total. The molecule has 0 saturated heterocycles. The third kappa shape index (κ3) is 8.41. The number of carbonyl (C=O) groups excluding carboxylic acids is 3. The van der Waals surface area contributed by atoms with Crippen LogP contribution in [0.3, 0.4) is 0 Å². The number of alkyl carbamates (subject to hydrolysis) is 1. The van der Waals surface area contributed by atoms with Crippen molar-refractivity contribution in [2.45, 2.75) is 25.5 Å². The van der Waals surface area contributed by atoms with Crippen LogP contribution in [0.1, 0.15) is 18.4 Å². The highest BCUT2D eigenvalue weighted by Crippen LogP contribution is 2.20. The van der Waals surface area contributed by atoms with Gasteiger partial charge in [-0.05, 0) is 36.2 Å². The molecule has 3 aromatic rings. The second-order valence-corrected chi connectivity index (χ2v) is 7.69. The second kappa shape index (κ2) is 13.1. The molecule has 0 aromatic heterocycles. The maximum absolute atomic E-state index is 12.8. The van der Waals surface area contributed by atoms with E-state index >= 15 is 0 Å². The van der Waals surface area contributed by atoms with Gasteiger partial charge in [-0.25, -0.2) is 9.59 Å². The first-order valence-corrected chi connectivity index (χ1v) is 11.1. The van der Waals surface area contributed by atoms with Crippen LogP contribution in [0.2, 0.25) is 0 Å². The third-order valence-electron chi connectivity index (χ3n) is 4.97. The van der Waals surface area contributed by atoms with E-state index in [0.717, 1.165) is 24.3 Å². The lowest BCUT2D eigenvalue weighted by molar-refractivity contribution is -0.385. The zero-order chi connectivity index (χ0) is 27.5. The highest BCUT2D eigenvalue weighted by molar-refractivity contribution is 5.84. The summed E-state index contributed by atoms with van der Waals surface area (Å²) in [6, 6.07) is 17.0. The summed E-state index contributed by atoms with van der Waals surface area (Å²) >= 11 is 0. The van der Waals surface area contributed by atoms with Crippen LogP contribution < -0.4 is 14.8 Å². The standard InChI is InChI=1S/C25H21N3O10/c29-23(37-20-10-6-18(7-11-20)27(32)33)15-14-22(26-25(31)36-16-17-4-2-1-3-5-17)24(30)38-21-12-8-19(9-13-21)28(34)35/h1-13,22H,14-16H2,(H,26,31)/t22-/m0/s1. The number of nitrogens with zero attached hydrogens (tertiary/aromatic N) is 2. The predicted molar refractivity (Wildman–Crippen MR) is 130 cm³/mol. The number of benzene rings is 3. The average molecular weight is 523 g/mol. The fraction of sp³-hybridized carbons (Fsp3) is 0.160. The molecule has 1 atom stereocenters. The van der Waals surface area contributed by atoms with Gasteiger partial charge in [-0.1, -0.05) is 30.3 Å². The number of nitrogens with one attached hydrogen (secondary N) is 1. The molecule has 38 heavy (non-hydrogen) atoms. The largest absolute Gasteiger partial charge is 0.445 e. The highest BCUT2D eigenvalue weighted by atomic mass is 16.6. The van der Waals surface area contributed by atoms with E-state index < -0.39 is 33.9 Å². The number of amides is 1. The molecule has 3 rings (SSSR count). The molecule has 196 valence electrons. The molecule has 1 N–H and O–H groups in total. The van der Waals surface area contributed by atoms with E-state index in [1.54, 1.807) is 30.3 Å². The maximum Gasteiger partial charge on any atom is 0.408 e. The van der Waals surface area contributed by atoms with Gasteiger partial charge in [-0.3, -0.25) is 25.0 Å². The quantitative estimate of drug-likeness (QED) is 0.167. The Balaban J connectivity index is 1.62. The summed E-state index contributed by atoms with van der Waals surface area (Å²) in [5.74, 6) is -1.68. The Morgan fingerprint density at radius 1 is 0.763 bits per heavy atom. The topological polar surface area (TPSA) is 177 Å². The van der Waals surface area contributed by atoms with Gasteiger partial charge in [0, 0.05) is 30.7 Å². The molecule has 0 aliphatic rings. The van der Waals surface area contributed by atoms with Crippen LogP contribution >= 0.6 is 0 Å². The summed E-state index contributed by atoms with van der Waals surface area (Å²) in [5.41, 5.74) is 0.314. The highest BCUT2D eigenvalue weighted by Gasteiger charge is 2.25. The minimum Gasteiger partial charge on any atom is -0.445 e. The van der Waals surface area contributed by atoms with Crippen molar-refractivity contribution in [3.8, 4) is 11.5 Å². The number of carbonyl (C=O) groups is 3. The Labute approximate surface area is 215 Å². The maximum atomic E-state index is 12.8. The Kier molecular flexibility index (Phi) is 9.40. The van der Waals surface area contributed by atoms with E-state index in [0.29, 0.717) is 5.56 Å². The van der Waals surface area contributed by atoms with Gasteiger partial charge in [-0.2, -0.15) is 0 Å². The van der Waals surface area contributed by atoms with Crippen LogP contribution in [0.5, 0.6) is 11.5 Å². The summed E-state index contributed by atoms with van der Waals surface area (Å²) < 4.78 is 15.5. The van der Waals surface area contributed by atoms with Gasteiger partial charge in [-0.15, -0.1) is 0 Å². The fourth-order valence-corrected chi connectivity index (χ4v) is 3.06. The van der Waals surface area contributed by atoms with Gasteiger partial charge in [0.25, 0.3) is 11.4 Å². The van der Waals surface area contributed by atoms with Gasteiger partial charge in [0.05, 0.1) is 9.85 Å². The molecule has 0 aliphatic heterocycles. The minimum absolute atomic E-state index is 0.0153. The van der Waals surface area contributed by atoms with E-state index in [2.05, 4.69) is 5.32 Å². The van der Waals surface area contributed by atoms with E-state index in [-0.39, 0.29) is 42.3 Å². The molecule has 0 unspecified atom stereocenters. The molecule has 0 spiro atoms. The van der Waals surface area contributed by atoms with Crippen molar-refractivity contribution < 1.29 is 38.4 Å². The first-order chi connectivity index (χ1) is 18.2. The lowest BCUT2D eigenvalue weighted by Gasteiger charge is -2.17. The van der Waals surface area contributed by atoms with E-state index in [9.17, 15) is 34.6 Å². The van der Waals surface area contributed by atoms with E-state index in [1.807, 2.05) is 0 Å². The zero-order valence-corrected chi connectivity index (χ0v) is 19.7.